The number of nitrogens with two attached hydrogens (primary N) is 2. The zero-order chi connectivity index (χ0) is 25.7. The molecule has 3 aromatic carbocycles. The Kier molecular flexibility index (Phi) is 11.0. The van der Waals surface area contributed by atoms with E-state index >= 15 is 0 Å². The molecule has 3 rings (SSSR count). The van der Waals surface area contributed by atoms with Crippen LogP contribution in [-0.4, -0.2) is 33.8 Å². The number of hydrogen-bond acceptors (Lipinski definition) is 5. The normalized spacial score (nSPS) is 9.35. The van der Waals surface area contributed by atoms with Crippen LogP contribution in [0.25, 0.3) is 11.1 Å². The van der Waals surface area contributed by atoms with Gasteiger partial charge in [0, 0.05) is 25.0 Å². The van der Waals surface area contributed by atoms with Crippen molar-refractivity contribution < 1.29 is 24.5 Å². The van der Waals surface area contributed by atoms with Crippen LogP contribution in [0.15, 0.2) is 72.8 Å². The van der Waals surface area contributed by atoms with Crippen molar-refractivity contribution in [1.82, 2.24) is 0 Å². The number of carboxylic acid groups (broad SMARTS) is 2. The molecule has 0 unspecified atom stereocenters. The molecule has 0 saturated heterocycles. The van der Waals surface area contributed by atoms with Crippen molar-refractivity contribution >= 4 is 23.6 Å². The molecule has 0 aromatic heterocycles. The Morgan fingerprint density at radius 3 is 1.65 bits per heavy atom. The number of aliphatic carboxylic acids is 2. The molecule has 0 aliphatic rings. The number of rotatable bonds is 6. The minimum atomic E-state index is -0.833. The Balaban J connectivity index is 0.000000629. The predicted molar refractivity (Wildman–Crippen MR) is 131 cm³/mol. The van der Waals surface area contributed by atoms with Crippen LogP contribution >= 0.6 is 0 Å². The molecule has 9 heteroatoms. The third-order valence-electron chi connectivity index (χ3n) is 4.03. The lowest BCUT2D eigenvalue weighted by molar-refractivity contribution is -0.135. The van der Waals surface area contributed by atoms with Gasteiger partial charge >= 0.3 is 0 Å². The van der Waals surface area contributed by atoms with E-state index in [1.54, 1.807) is 6.07 Å². The van der Waals surface area contributed by atoms with Crippen LogP contribution in [0.2, 0.25) is 0 Å². The lowest BCUT2D eigenvalue weighted by Gasteiger charge is -2.09. The van der Waals surface area contributed by atoms with Crippen molar-refractivity contribution in [3.05, 3.63) is 89.5 Å². The Hall–Kier alpha value is -4.66. The predicted octanol–water partition coefficient (Wildman–Crippen LogP) is 3.68. The van der Waals surface area contributed by atoms with Crippen molar-refractivity contribution in [3.8, 4) is 16.9 Å². The number of nitrogens with one attached hydrogen (secondary N) is 2. The average Bonchev–Trinajstić information content (AvgIpc) is 2.77. The van der Waals surface area contributed by atoms with Gasteiger partial charge in [-0.15, -0.1) is 0 Å². The van der Waals surface area contributed by atoms with Gasteiger partial charge in [-0.2, -0.15) is 0 Å². The summed E-state index contributed by atoms with van der Waals surface area (Å²) in [6, 6.07) is 22.8. The lowest BCUT2D eigenvalue weighted by Crippen LogP contribution is -2.11. The second-order valence-electron chi connectivity index (χ2n) is 6.96. The fourth-order valence-electron chi connectivity index (χ4n) is 2.58. The first-order valence-electron chi connectivity index (χ1n) is 9.99. The van der Waals surface area contributed by atoms with Gasteiger partial charge in [-0.05, 0) is 34.9 Å². The van der Waals surface area contributed by atoms with E-state index in [0.29, 0.717) is 17.7 Å². The van der Waals surface area contributed by atoms with Crippen molar-refractivity contribution in [3.63, 3.8) is 0 Å². The zero-order valence-corrected chi connectivity index (χ0v) is 18.9. The topological polar surface area (TPSA) is 184 Å². The molecule has 0 fully saturated rings. The first kappa shape index (κ1) is 27.4. The van der Waals surface area contributed by atoms with Gasteiger partial charge in [0.2, 0.25) is 0 Å². The first-order valence-corrected chi connectivity index (χ1v) is 9.99. The number of carbonyl (C=O) groups is 2. The maximum absolute atomic E-state index is 9.00. The van der Waals surface area contributed by atoms with E-state index in [1.807, 2.05) is 66.7 Å². The molecule has 0 amide bonds. The summed E-state index contributed by atoms with van der Waals surface area (Å²) in [5, 5.41) is 29.8. The first-order chi connectivity index (χ1) is 16.0. The molecule has 0 radical (unpaired) electrons. The molecule has 0 spiro atoms. The van der Waals surface area contributed by atoms with E-state index < -0.39 is 11.9 Å². The summed E-state index contributed by atoms with van der Waals surface area (Å²) in [7, 11) is 0. The monoisotopic (exact) mass is 464 g/mol. The average molecular weight is 465 g/mol. The molecule has 34 heavy (non-hydrogen) atoms. The molecule has 0 aliphatic carbocycles. The maximum Gasteiger partial charge on any atom is 0.300 e. The van der Waals surface area contributed by atoms with Crippen LogP contribution in [0.1, 0.15) is 30.5 Å². The highest BCUT2D eigenvalue weighted by molar-refractivity contribution is 5.95. The van der Waals surface area contributed by atoms with Gasteiger partial charge in [0.25, 0.3) is 11.9 Å². The summed E-state index contributed by atoms with van der Waals surface area (Å²) in [4.78, 5) is 18.0. The van der Waals surface area contributed by atoms with Gasteiger partial charge in [0.05, 0.1) is 0 Å². The van der Waals surface area contributed by atoms with E-state index in [4.69, 9.17) is 46.8 Å². The minimum absolute atomic E-state index is 0.0481. The number of ether oxygens (including phenoxy) is 1. The van der Waals surface area contributed by atoms with Crippen LogP contribution in [-0.2, 0) is 16.2 Å². The Bertz CT molecular complexity index is 1110. The van der Waals surface area contributed by atoms with E-state index in [-0.39, 0.29) is 11.7 Å². The zero-order valence-electron chi connectivity index (χ0n) is 18.9. The van der Waals surface area contributed by atoms with Gasteiger partial charge in [0.1, 0.15) is 24.0 Å². The van der Waals surface area contributed by atoms with Crippen LogP contribution < -0.4 is 16.2 Å². The second kappa shape index (κ2) is 13.7. The number of carboxylic acids is 2. The molecular formula is C25H28N4O5. The Morgan fingerprint density at radius 2 is 1.21 bits per heavy atom. The van der Waals surface area contributed by atoms with E-state index in [2.05, 4.69) is 0 Å². The lowest BCUT2D eigenvalue weighted by atomic mass is 10.0. The smallest absolute Gasteiger partial charge is 0.300 e. The number of amidine groups is 2. The molecule has 9 nitrogen and oxygen atoms in total. The fraction of sp³-hybridized carbons (Fsp3) is 0.120. The van der Waals surface area contributed by atoms with Crippen molar-refractivity contribution in [1.29, 1.82) is 10.8 Å². The van der Waals surface area contributed by atoms with E-state index in [9.17, 15) is 0 Å². The minimum Gasteiger partial charge on any atom is -0.489 e. The van der Waals surface area contributed by atoms with Crippen LogP contribution in [0, 0.1) is 10.8 Å². The highest BCUT2D eigenvalue weighted by Gasteiger charge is 2.03. The van der Waals surface area contributed by atoms with Gasteiger partial charge < -0.3 is 26.4 Å². The van der Waals surface area contributed by atoms with Crippen LogP contribution in [0.3, 0.4) is 0 Å². The molecule has 0 heterocycles. The molecule has 0 saturated carbocycles. The summed E-state index contributed by atoms with van der Waals surface area (Å²) in [5.74, 6) is -0.788. The number of nitrogen functional groups attached to an aromatic ring is 2. The molecule has 0 aliphatic heterocycles. The van der Waals surface area contributed by atoms with Gasteiger partial charge in [-0.1, -0.05) is 54.6 Å². The largest absolute Gasteiger partial charge is 0.489 e. The van der Waals surface area contributed by atoms with E-state index in [0.717, 1.165) is 36.3 Å². The Morgan fingerprint density at radius 1 is 0.765 bits per heavy atom. The second-order valence-corrected chi connectivity index (χ2v) is 6.96. The van der Waals surface area contributed by atoms with Crippen LogP contribution in [0.5, 0.6) is 5.75 Å². The van der Waals surface area contributed by atoms with Gasteiger partial charge in [-0.25, -0.2) is 0 Å². The quantitative estimate of drug-likeness (QED) is 0.237. The van der Waals surface area contributed by atoms with Crippen molar-refractivity contribution in [2.75, 3.05) is 0 Å². The summed E-state index contributed by atoms with van der Waals surface area (Å²) < 4.78 is 5.81. The molecular weight excluding hydrogens is 436 g/mol. The summed E-state index contributed by atoms with van der Waals surface area (Å²) >= 11 is 0. The van der Waals surface area contributed by atoms with Gasteiger partial charge in [-0.3, -0.25) is 20.4 Å². The van der Waals surface area contributed by atoms with Gasteiger partial charge in [0.15, 0.2) is 0 Å². The third-order valence-corrected chi connectivity index (χ3v) is 4.03. The Labute approximate surface area is 197 Å². The highest BCUT2D eigenvalue weighted by atomic mass is 16.5. The SMILES string of the molecule is CC(=O)O.CC(=O)O.N=C(N)c1ccc(-c2ccc(OCc3cccc(C(=N)N)c3)cc2)cc1. The summed E-state index contributed by atoms with van der Waals surface area (Å²) in [6.45, 7) is 2.58. The van der Waals surface area contributed by atoms with Crippen molar-refractivity contribution in [2.45, 2.75) is 20.5 Å². The van der Waals surface area contributed by atoms with E-state index in [1.165, 1.54) is 0 Å². The molecule has 0 atom stereocenters. The third kappa shape index (κ3) is 10.6. The maximum atomic E-state index is 9.00. The molecule has 8 N–H and O–H groups in total. The standard InChI is InChI=1S/C21H20N4O.2C2H4O2/c22-20(23)17-6-4-15(5-7-17)16-8-10-19(11-9-16)26-13-14-2-1-3-18(12-14)21(24)25;2*1-2(3)4/h1-12H,13H2,(H3,22,23)(H3,24,25);2*1H3,(H,3,4). The molecule has 0 bridgehead atoms. The highest BCUT2D eigenvalue weighted by Crippen LogP contribution is 2.23. The number of hydrogen-bond donors (Lipinski definition) is 6. The molecule has 178 valence electrons. The summed E-state index contributed by atoms with van der Waals surface area (Å²) in [6.07, 6.45) is 0. The summed E-state index contributed by atoms with van der Waals surface area (Å²) in [5.41, 5.74) is 15.5. The van der Waals surface area contributed by atoms with Crippen LogP contribution in [0.4, 0.5) is 0 Å². The van der Waals surface area contributed by atoms with Crippen molar-refractivity contribution in [2.24, 2.45) is 11.5 Å². The molecule has 3 aromatic rings. The number of benzene rings is 3. The fourth-order valence-corrected chi connectivity index (χ4v) is 2.58.